The van der Waals surface area contributed by atoms with Crippen LogP contribution < -0.4 is 10.6 Å². The van der Waals surface area contributed by atoms with E-state index in [1.165, 1.54) is 17.8 Å². The third kappa shape index (κ3) is 4.70. The number of thioether (sulfide) groups is 1. The topological polar surface area (TPSA) is 101 Å². The second-order valence-electron chi connectivity index (χ2n) is 5.84. The van der Waals surface area contributed by atoms with Crippen molar-refractivity contribution in [1.29, 1.82) is 0 Å². The number of carboxylic acid groups (broad SMARTS) is 1. The molecule has 26 heavy (non-hydrogen) atoms. The maximum atomic E-state index is 12.3. The van der Waals surface area contributed by atoms with Gasteiger partial charge in [0.2, 0.25) is 0 Å². The van der Waals surface area contributed by atoms with Crippen molar-refractivity contribution >= 4 is 44.6 Å². The van der Waals surface area contributed by atoms with Crippen molar-refractivity contribution in [2.45, 2.75) is 17.4 Å². The summed E-state index contributed by atoms with van der Waals surface area (Å²) in [5.41, 5.74) is 7.21. The van der Waals surface area contributed by atoms with E-state index in [-0.39, 0.29) is 4.90 Å². The molecular weight excluding hydrogens is 372 g/mol. The van der Waals surface area contributed by atoms with Gasteiger partial charge in [-0.3, -0.25) is 0 Å². The maximum Gasteiger partial charge on any atom is 0.326 e. The number of benzene rings is 2. The van der Waals surface area contributed by atoms with Gasteiger partial charge in [-0.1, -0.05) is 18.2 Å². The Morgan fingerprint density at radius 2 is 1.92 bits per heavy atom. The molecule has 3 N–H and O–H groups in total. The molecule has 0 spiro atoms. The smallest absolute Gasteiger partial charge is 0.326 e. The Morgan fingerprint density at radius 1 is 1.23 bits per heavy atom. The van der Waals surface area contributed by atoms with E-state index in [9.17, 15) is 18.3 Å². The summed E-state index contributed by atoms with van der Waals surface area (Å²) in [6.07, 6.45) is 3.36. The molecule has 0 saturated heterocycles. The molecule has 0 aliphatic rings. The van der Waals surface area contributed by atoms with Crippen LogP contribution in [0.25, 0.3) is 0 Å². The summed E-state index contributed by atoms with van der Waals surface area (Å²) in [4.78, 5) is 13.6. The van der Waals surface area contributed by atoms with Gasteiger partial charge in [-0.05, 0) is 48.8 Å². The molecule has 0 radical (unpaired) electrons. The SMILES string of the molecule is CSCC[C@@H](C(=O)O)N(c1cccc(N)c1)c1ccccc1S(C)(=O)=O. The van der Waals surface area contributed by atoms with E-state index in [1.807, 2.05) is 6.26 Å². The van der Waals surface area contributed by atoms with Crippen molar-refractivity contribution < 1.29 is 18.3 Å². The summed E-state index contributed by atoms with van der Waals surface area (Å²) >= 11 is 1.54. The van der Waals surface area contributed by atoms with Crippen LogP contribution in [0.15, 0.2) is 53.4 Å². The van der Waals surface area contributed by atoms with Crippen molar-refractivity contribution in [2.75, 3.05) is 28.9 Å². The normalized spacial score (nSPS) is 12.5. The number of sulfone groups is 1. The molecule has 2 rings (SSSR count). The van der Waals surface area contributed by atoms with Gasteiger partial charge in [0, 0.05) is 17.6 Å². The number of nitrogens with two attached hydrogens (primary N) is 1. The number of carboxylic acids is 1. The highest BCUT2D eigenvalue weighted by atomic mass is 32.2. The average Bonchev–Trinajstić information content (AvgIpc) is 2.57. The zero-order chi connectivity index (χ0) is 19.3. The zero-order valence-corrected chi connectivity index (χ0v) is 16.3. The first-order valence-corrected chi connectivity index (χ1v) is 11.2. The van der Waals surface area contributed by atoms with Gasteiger partial charge in [-0.15, -0.1) is 0 Å². The lowest BCUT2D eigenvalue weighted by atomic mass is 10.1. The van der Waals surface area contributed by atoms with Crippen LogP contribution in [-0.4, -0.2) is 43.8 Å². The number of anilines is 3. The monoisotopic (exact) mass is 394 g/mol. The molecule has 8 heteroatoms. The van der Waals surface area contributed by atoms with Gasteiger partial charge >= 0.3 is 5.97 Å². The summed E-state index contributed by atoms with van der Waals surface area (Å²) < 4.78 is 24.5. The lowest BCUT2D eigenvalue weighted by Gasteiger charge is -2.32. The van der Waals surface area contributed by atoms with Gasteiger partial charge in [0.25, 0.3) is 0 Å². The third-order valence-corrected chi connectivity index (χ3v) is 5.65. The van der Waals surface area contributed by atoms with Crippen LogP contribution in [0.1, 0.15) is 6.42 Å². The summed E-state index contributed by atoms with van der Waals surface area (Å²) in [6.45, 7) is 0. The minimum Gasteiger partial charge on any atom is -0.480 e. The number of para-hydroxylation sites is 1. The first-order chi connectivity index (χ1) is 12.3. The van der Waals surface area contributed by atoms with Crippen LogP contribution >= 0.6 is 11.8 Å². The van der Waals surface area contributed by atoms with Crippen molar-refractivity contribution in [3.8, 4) is 0 Å². The van der Waals surface area contributed by atoms with Crippen molar-refractivity contribution in [3.63, 3.8) is 0 Å². The number of hydrogen-bond donors (Lipinski definition) is 2. The van der Waals surface area contributed by atoms with Crippen molar-refractivity contribution in [1.82, 2.24) is 0 Å². The first-order valence-electron chi connectivity index (χ1n) is 7.91. The molecular formula is C18H22N2O4S2. The lowest BCUT2D eigenvalue weighted by molar-refractivity contribution is -0.138. The number of nitrogen functional groups attached to an aromatic ring is 1. The molecule has 6 nitrogen and oxygen atoms in total. The van der Waals surface area contributed by atoms with Gasteiger partial charge in [-0.25, -0.2) is 13.2 Å². The predicted octanol–water partition coefficient (Wildman–Crippen LogP) is 3.02. The fraction of sp³-hybridized carbons (Fsp3) is 0.278. The van der Waals surface area contributed by atoms with Crippen LogP contribution in [0.4, 0.5) is 17.1 Å². The van der Waals surface area contributed by atoms with E-state index in [1.54, 1.807) is 47.4 Å². The van der Waals surface area contributed by atoms with Gasteiger partial charge in [0.15, 0.2) is 9.84 Å². The van der Waals surface area contributed by atoms with Crippen molar-refractivity contribution in [3.05, 3.63) is 48.5 Å². The zero-order valence-electron chi connectivity index (χ0n) is 14.6. The van der Waals surface area contributed by atoms with Crippen molar-refractivity contribution in [2.24, 2.45) is 0 Å². The Kier molecular flexibility index (Phi) is 6.55. The third-order valence-electron chi connectivity index (χ3n) is 3.86. The fourth-order valence-corrected chi connectivity index (χ4v) is 4.05. The Hall–Kier alpha value is -2.19. The van der Waals surface area contributed by atoms with Crippen LogP contribution in [0, 0.1) is 0 Å². The molecule has 0 aromatic heterocycles. The van der Waals surface area contributed by atoms with E-state index >= 15 is 0 Å². The fourth-order valence-electron chi connectivity index (χ4n) is 2.72. The Labute approximate surface area is 157 Å². The summed E-state index contributed by atoms with van der Waals surface area (Å²) in [6, 6.07) is 12.3. The van der Waals surface area contributed by atoms with Gasteiger partial charge < -0.3 is 15.7 Å². The quantitative estimate of drug-likeness (QED) is 0.664. The summed E-state index contributed by atoms with van der Waals surface area (Å²) in [5.74, 6) is -0.402. The Bertz CT molecular complexity index is 884. The average molecular weight is 395 g/mol. The van der Waals surface area contributed by atoms with Gasteiger partial charge in [0.05, 0.1) is 10.6 Å². The highest BCUT2D eigenvalue weighted by molar-refractivity contribution is 7.98. The molecule has 140 valence electrons. The molecule has 0 heterocycles. The molecule has 0 aliphatic carbocycles. The van der Waals surface area contributed by atoms with E-state index < -0.39 is 21.8 Å². The molecule has 0 unspecified atom stereocenters. The summed E-state index contributed by atoms with van der Waals surface area (Å²) in [7, 11) is -3.55. The van der Waals surface area contributed by atoms with Gasteiger partial charge in [0.1, 0.15) is 6.04 Å². The first kappa shape index (κ1) is 20.1. The minimum atomic E-state index is -3.55. The largest absolute Gasteiger partial charge is 0.480 e. The number of aliphatic carboxylic acids is 1. The summed E-state index contributed by atoms with van der Waals surface area (Å²) in [5, 5.41) is 9.82. The number of carbonyl (C=O) groups is 1. The molecule has 2 aromatic rings. The minimum absolute atomic E-state index is 0.0813. The van der Waals surface area contributed by atoms with Gasteiger partial charge in [-0.2, -0.15) is 11.8 Å². The number of rotatable bonds is 8. The second kappa shape index (κ2) is 8.46. The molecule has 1 atom stereocenters. The number of nitrogens with zero attached hydrogens (tertiary/aromatic N) is 1. The standard InChI is InChI=1S/C18H22N2O4S2/c1-25-11-10-16(18(21)22)20(14-7-5-6-13(19)12-14)15-8-3-4-9-17(15)26(2,23)24/h3-9,12,16H,10-11,19H2,1-2H3,(H,21,22)/t16-/m0/s1. The van der Waals surface area contributed by atoms with Crippen LogP contribution in [0.5, 0.6) is 0 Å². The van der Waals surface area contributed by atoms with E-state index in [4.69, 9.17) is 5.73 Å². The molecule has 0 saturated carbocycles. The predicted molar refractivity (Wildman–Crippen MR) is 107 cm³/mol. The molecule has 0 fully saturated rings. The number of hydrogen-bond acceptors (Lipinski definition) is 6. The second-order valence-corrected chi connectivity index (χ2v) is 8.81. The van der Waals surface area contributed by atoms with E-state index in [0.29, 0.717) is 29.2 Å². The highest BCUT2D eigenvalue weighted by Gasteiger charge is 2.30. The molecule has 0 aliphatic heterocycles. The van der Waals surface area contributed by atoms with Crippen LogP contribution in [0.2, 0.25) is 0 Å². The van der Waals surface area contributed by atoms with E-state index in [0.717, 1.165) is 6.26 Å². The van der Waals surface area contributed by atoms with Crippen LogP contribution in [0.3, 0.4) is 0 Å². The van der Waals surface area contributed by atoms with Crippen LogP contribution in [-0.2, 0) is 14.6 Å². The maximum absolute atomic E-state index is 12.3. The molecule has 2 aromatic carbocycles. The van der Waals surface area contributed by atoms with E-state index in [2.05, 4.69) is 0 Å². The Balaban J connectivity index is 2.71. The Morgan fingerprint density at radius 3 is 2.50 bits per heavy atom. The molecule has 0 amide bonds. The lowest BCUT2D eigenvalue weighted by Crippen LogP contribution is -2.39. The molecule has 0 bridgehead atoms. The highest BCUT2D eigenvalue weighted by Crippen LogP contribution is 2.35.